The molecule has 8 heteroatoms. The first-order chi connectivity index (χ1) is 9.85. The highest BCUT2D eigenvalue weighted by Crippen LogP contribution is 2.22. The molecule has 21 heavy (non-hydrogen) atoms. The van der Waals surface area contributed by atoms with Crippen LogP contribution in [-0.4, -0.2) is 31.7 Å². The second kappa shape index (κ2) is 5.57. The van der Waals surface area contributed by atoms with E-state index >= 15 is 0 Å². The van der Waals surface area contributed by atoms with E-state index in [2.05, 4.69) is 19.7 Å². The summed E-state index contributed by atoms with van der Waals surface area (Å²) in [6.07, 6.45) is 1.25. The molecule has 2 aromatic rings. The first-order valence-electron chi connectivity index (χ1n) is 6.07. The van der Waals surface area contributed by atoms with Gasteiger partial charge in [-0.05, 0) is 37.6 Å². The van der Waals surface area contributed by atoms with Crippen molar-refractivity contribution in [3.63, 3.8) is 0 Å². The van der Waals surface area contributed by atoms with Crippen molar-refractivity contribution in [2.24, 2.45) is 0 Å². The van der Waals surface area contributed by atoms with Crippen molar-refractivity contribution in [3.05, 3.63) is 41.2 Å². The molecule has 0 amide bonds. The number of H-pyrrole nitrogens is 1. The van der Waals surface area contributed by atoms with Crippen molar-refractivity contribution in [1.82, 2.24) is 10.2 Å². The van der Waals surface area contributed by atoms with E-state index in [1.807, 2.05) is 0 Å². The van der Waals surface area contributed by atoms with Gasteiger partial charge in [-0.1, -0.05) is 0 Å². The first kappa shape index (κ1) is 15.0. The van der Waals surface area contributed by atoms with Gasteiger partial charge >= 0.3 is 5.97 Å². The predicted molar refractivity (Wildman–Crippen MR) is 76.7 cm³/mol. The average molecular weight is 309 g/mol. The fraction of sp³-hybridized carbons (Fsp3) is 0.231. The Balaban J connectivity index is 2.32. The zero-order valence-electron chi connectivity index (χ0n) is 11.8. The van der Waals surface area contributed by atoms with Gasteiger partial charge in [-0.15, -0.1) is 0 Å². The number of aromatic amines is 1. The number of carbonyl (C=O) groups is 1. The molecule has 0 bridgehead atoms. The van der Waals surface area contributed by atoms with Gasteiger partial charge < -0.3 is 4.74 Å². The number of nitrogens with zero attached hydrogens (tertiary/aromatic N) is 1. The van der Waals surface area contributed by atoms with Crippen molar-refractivity contribution in [2.45, 2.75) is 18.7 Å². The average Bonchev–Trinajstić information content (AvgIpc) is 2.87. The van der Waals surface area contributed by atoms with E-state index < -0.39 is 16.0 Å². The number of aromatic nitrogens is 2. The summed E-state index contributed by atoms with van der Waals surface area (Å²) >= 11 is 0. The normalized spacial score (nSPS) is 11.2. The highest BCUT2D eigenvalue weighted by Gasteiger charge is 2.19. The summed E-state index contributed by atoms with van der Waals surface area (Å²) in [6.45, 7) is 3.32. The molecule has 0 aliphatic rings. The number of benzene rings is 1. The van der Waals surface area contributed by atoms with Gasteiger partial charge in [0.15, 0.2) is 0 Å². The van der Waals surface area contributed by atoms with Gasteiger partial charge in [-0.3, -0.25) is 9.82 Å². The number of aryl methyl sites for hydroxylation is 2. The molecule has 0 saturated carbocycles. The second-order valence-corrected chi connectivity index (χ2v) is 6.14. The lowest BCUT2D eigenvalue weighted by Gasteiger charge is -2.11. The number of hydrogen-bond donors (Lipinski definition) is 2. The van der Waals surface area contributed by atoms with E-state index in [0.29, 0.717) is 22.5 Å². The summed E-state index contributed by atoms with van der Waals surface area (Å²) in [4.78, 5) is 11.5. The first-order valence-corrected chi connectivity index (χ1v) is 7.55. The molecule has 0 aliphatic carbocycles. The fourth-order valence-corrected chi connectivity index (χ4v) is 3.10. The molecule has 0 radical (unpaired) electrons. The highest BCUT2D eigenvalue weighted by atomic mass is 32.2. The number of nitrogens with one attached hydrogen (secondary N) is 2. The van der Waals surface area contributed by atoms with Crippen LogP contribution in [0.2, 0.25) is 0 Å². The van der Waals surface area contributed by atoms with Crippen LogP contribution in [0.4, 0.5) is 5.69 Å². The Bertz CT molecular complexity index is 780. The molecule has 0 unspecified atom stereocenters. The lowest BCUT2D eigenvalue weighted by Crippen LogP contribution is -2.14. The third kappa shape index (κ3) is 3.05. The molecular weight excluding hydrogens is 294 g/mol. The monoisotopic (exact) mass is 309 g/mol. The Labute approximate surface area is 122 Å². The minimum absolute atomic E-state index is 0.0824. The van der Waals surface area contributed by atoms with Crippen LogP contribution in [0.25, 0.3) is 0 Å². The van der Waals surface area contributed by atoms with Crippen molar-refractivity contribution < 1.29 is 17.9 Å². The zero-order valence-corrected chi connectivity index (χ0v) is 12.6. The largest absolute Gasteiger partial charge is 0.465 e. The van der Waals surface area contributed by atoms with Gasteiger partial charge in [0.05, 0.1) is 30.3 Å². The molecule has 0 atom stereocenters. The summed E-state index contributed by atoms with van der Waals surface area (Å²) in [7, 11) is -2.43. The molecule has 1 heterocycles. The Morgan fingerprint density at radius 1 is 1.33 bits per heavy atom. The highest BCUT2D eigenvalue weighted by molar-refractivity contribution is 7.92. The molecule has 0 saturated heterocycles. The Morgan fingerprint density at radius 2 is 2.05 bits per heavy atom. The van der Waals surface area contributed by atoms with Crippen LogP contribution >= 0.6 is 0 Å². The van der Waals surface area contributed by atoms with E-state index in [0.717, 1.165) is 0 Å². The number of rotatable bonds is 4. The number of methoxy groups -OCH3 is 1. The van der Waals surface area contributed by atoms with Crippen LogP contribution in [0.3, 0.4) is 0 Å². The maximum Gasteiger partial charge on any atom is 0.337 e. The van der Waals surface area contributed by atoms with E-state index in [9.17, 15) is 13.2 Å². The molecule has 2 rings (SSSR count). The number of ether oxygens (including phenoxy) is 1. The third-order valence-electron chi connectivity index (χ3n) is 2.96. The summed E-state index contributed by atoms with van der Waals surface area (Å²) in [6, 6.07) is 4.58. The van der Waals surface area contributed by atoms with Gasteiger partial charge in [0.2, 0.25) is 0 Å². The number of carbonyl (C=O) groups excluding carboxylic acids is 1. The van der Waals surface area contributed by atoms with Gasteiger partial charge in [-0.2, -0.15) is 5.10 Å². The lowest BCUT2D eigenvalue weighted by atomic mass is 10.1. The minimum atomic E-state index is -3.72. The maximum absolute atomic E-state index is 12.2. The van der Waals surface area contributed by atoms with E-state index in [1.54, 1.807) is 19.9 Å². The van der Waals surface area contributed by atoms with Gasteiger partial charge in [0.25, 0.3) is 10.0 Å². The maximum atomic E-state index is 12.2. The Hall–Kier alpha value is -2.35. The molecule has 2 N–H and O–H groups in total. The van der Waals surface area contributed by atoms with Crippen LogP contribution < -0.4 is 4.72 Å². The van der Waals surface area contributed by atoms with Crippen molar-refractivity contribution in [1.29, 1.82) is 0 Å². The summed E-state index contributed by atoms with van der Waals surface area (Å²) in [5, 5.41) is 6.27. The van der Waals surface area contributed by atoms with Crippen LogP contribution in [0.1, 0.15) is 21.6 Å². The van der Waals surface area contributed by atoms with Crippen molar-refractivity contribution in [2.75, 3.05) is 11.8 Å². The van der Waals surface area contributed by atoms with Crippen LogP contribution in [0.15, 0.2) is 29.3 Å². The van der Waals surface area contributed by atoms with Crippen LogP contribution in [0.5, 0.6) is 0 Å². The molecule has 0 fully saturated rings. The summed E-state index contributed by atoms with van der Waals surface area (Å²) < 4.78 is 31.6. The van der Waals surface area contributed by atoms with Crippen molar-refractivity contribution >= 4 is 21.7 Å². The Morgan fingerprint density at radius 3 is 2.57 bits per heavy atom. The Kier molecular flexibility index (Phi) is 3.99. The SMILES string of the molecule is COC(=O)c1ccc(NS(=O)(=O)c2cn[nH]c2C)c(C)c1. The second-order valence-electron chi connectivity index (χ2n) is 4.49. The summed E-state index contributed by atoms with van der Waals surface area (Å²) in [5.74, 6) is -0.474. The fourth-order valence-electron chi connectivity index (χ4n) is 1.83. The zero-order chi connectivity index (χ0) is 15.6. The quantitative estimate of drug-likeness (QED) is 0.836. The predicted octanol–water partition coefficient (Wildman–Crippen LogP) is 1.61. The van der Waals surface area contributed by atoms with Gasteiger partial charge in [-0.25, -0.2) is 13.2 Å². The minimum Gasteiger partial charge on any atom is -0.465 e. The van der Waals surface area contributed by atoms with Gasteiger partial charge in [0.1, 0.15) is 4.90 Å². The molecule has 0 spiro atoms. The smallest absolute Gasteiger partial charge is 0.337 e. The van der Waals surface area contributed by atoms with E-state index in [-0.39, 0.29) is 4.90 Å². The van der Waals surface area contributed by atoms with E-state index in [4.69, 9.17) is 0 Å². The lowest BCUT2D eigenvalue weighted by molar-refractivity contribution is 0.0600. The van der Waals surface area contributed by atoms with Gasteiger partial charge in [0, 0.05) is 0 Å². The number of hydrogen-bond acceptors (Lipinski definition) is 5. The van der Waals surface area contributed by atoms with E-state index in [1.165, 1.54) is 25.4 Å². The molecule has 0 aliphatic heterocycles. The number of sulfonamides is 1. The standard InChI is InChI=1S/C13H15N3O4S/c1-8-6-10(13(17)20-3)4-5-11(8)16-21(18,19)12-7-14-15-9(12)2/h4-7,16H,1-3H3,(H,14,15). The molecular formula is C13H15N3O4S. The van der Waals surface area contributed by atoms with Crippen LogP contribution in [0, 0.1) is 13.8 Å². The van der Waals surface area contributed by atoms with Crippen LogP contribution in [-0.2, 0) is 14.8 Å². The topological polar surface area (TPSA) is 101 Å². The number of esters is 1. The number of anilines is 1. The van der Waals surface area contributed by atoms with Crippen molar-refractivity contribution in [3.8, 4) is 0 Å². The third-order valence-corrected chi connectivity index (χ3v) is 4.44. The molecule has 1 aromatic heterocycles. The molecule has 1 aromatic carbocycles. The summed E-state index contributed by atoms with van der Waals surface area (Å²) in [5.41, 5.74) is 1.81. The molecule has 112 valence electrons. The molecule has 7 nitrogen and oxygen atoms in total.